The van der Waals surface area contributed by atoms with E-state index in [1.54, 1.807) is 0 Å². The second-order valence-electron chi connectivity index (χ2n) is 7.86. The number of hydrogen-bond acceptors (Lipinski definition) is 5. The van der Waals surface area contributed by atoms with E-state index in [-0.39, 0.29) is 15.2 Å². The summed E-state index contributed by atoms with van der Waals surface area (Å²) in [4.78, 5) is 1.37. The summed E-state index contributed by atoms with van der Waals surface area (Å²) in [6.07, 6.45) is 0. The highest BCUT2D eigenvalue weighted by Crippen LogP contribution is 2.20. The fourth-order valence-corrected chi connectivity index (χ4v) is 5.77. The lowest BCUT2D eigenvalue weighted by atomic mass is 9.93. The molecule has 1 aromatic carbocycles. The largest absolute Gasteiger partial charge is 0.379 e. The van der Waals surface area contributed by atoms with Gasteiger partial charge in [-0.3, -0.25) is 0 Å². The molecule has 0 amide bonds. The maximum absolute atomic E-state index is 12.6. The first-order chi connectivity index (χ1) is 12.4. The van der Waals surface area contributed by atoms with Crippen molar-refractivity contribution in [3.05, 3.63) is 24.3 Å². The molecule has 8 nitrogen and oxygen atoms in total. The van der Waals surface area contributed by atoms with Gasteiger partial charge in [-0.05, 0) is 24.3 Å². The zero-order valence-corrected chi connectivity index (χ0v) is 18.0. The van der Waals surface area contributed by atoms with Crippen LogP contribution in [0, 0.1) is 5.41 Å². The third kappa shape index (κ3) is 5.97. The predicted molar refractivity (Wildman–Crippen MR) is 103 cm³/mol. The molecular weight excluding hydrogens is 390 g/mol. The van der Waals surface area contributed by atoms with Crippen LogP contribution in [0.3, 0.4) is 0 Å². The Bertz CT molecular complexity index is 828. The van der Waals surface area contributed by atoms with E-state index in [2.05, 4.69) is 4.72 Å². The highest BCUT2D eigenvalue weighted by molar-refractivity contribution is 7.89. The number of nitrogens with one attached hydrogen (secondary N) is 2. The molecule has 1 aromatic rings. The van der Waals surface area contributed by atoms with Crippen molar-refractivity contribution in [1.82, 2.24) is 9.03 Å². The molecule has 27 heavy (non-hydrogen) atoms. The molecule has 0 spiro atoms. The summed E-state index contributed by atoms with van der Waals surface area (Å²) in [5, 5.41) is 0. The van der Waals surface area contributed by atoms with E-state index in [4.69, 9.17) is 4.74 Å². The second-order valence-corrected chi connectivity index (χ2v) is 11.6. The van der Waals surface area contributed by atoms with Crippen molar-refractivity contribution in [3.63, 3.8) is 0 Å². The van der Waals surface area contributed by atoms with Crippen LogP contribution in [0.25, 0.3) is 0 Å². The summed E-state index contributed by atoms with van der Waals surface area (Å²) in [7, 11) is -3.31. The summed E-state index contributed by atoms with van der Waals surface area (Å²) >= 11 is 0. The minimum Gasteiger partial charge on any atom is -0.379 e. The number of nitrogens with zero attached hydrogens (tertiary/aromatic N) is 1. The smallest absolute Gasteiger partial charge is 0.243 e. The molecule has 0 saturated carbocycles. The molecule has 10 heteroatoms. The van der Waals surface area contributed by atoms with E-state index < -0.39 is 20.0 Å². The first-order valence-electron chi connectivity index (χ1n) is 8.91. The molecule has 1 aliphatic heterocycles. The summed E-state index contributed by atoms with van der Waals surface area (Å²) < 4.78 is 59.4. The van der Waals surface area contributed by atoms with Crippen molar-refractivity contribution in [1.29, 1.82) is 0 Å². The van der Waals surface area contributed by atoms with Crippen LogP contribution in [0.15, 0.2) is 34.1 Å². The topological polar surface area (TPSA) is 97.2 Å². The van der Waals surface area contributed by atoms with Crippen LogP contribution in [0.2, 0.25) is 0 Å². The van der Waals surface area contributed by atoms with Gasteiger partial charge in [0.15, 0.2) is 0 Å². The van der Waals surface area contributed by atoms with Gasteiger partial charge in [0, 0.05) is 25.0 Å². The van der Waals surface area contributed by atoms with Gasteiger partial charge in [-0.25, -0.2) is 21.6 Å². The number of morpholine rings is 1. The summed E-state index contributed by atoms with van der Waals surface area (Å²) in [6.45, 7) is 6.43. The van der Waals surface area contributed by atoms with E-state index >= 15 is 0 Å². The molecule has 1 aliphatic rings. The Morgan fingerprint density at radius 3 is 2.07 bits per heavy atom. The van der Waals surface area contributed by atoms with Crippen LogP contribution < -0.4 is 9.62 Å². The van der Waals surface area contributed by atoms with E-state index in [0.717, 1.165) is 6.54 Å². The Hall–Kier alpha value is -1.04. The monoisotopic (exact) mass is 420 g/mol. The molecular formula is C17H30N3O5S2+. The van der Waals surface area contributed by atoms with E-state index in [0.29, 0.717) is 32.8 Å². The second kappa shape index (κ2) is 8.54. The van der Waals surface area contributed by atoms with Gasteiger partial charge >= 0.3 is 0 Å². The maximum atomic E-state index is 12.6. The van der Waals surface area contributed by atoms with Crippen LogP contribution in [0.5, 0.6) is 0 Å². The Labute approximate surface area is 162 Å². The number of rotatable bonds is 8. The van der Waals surface area contributed by atoms with Crippen molar-refractivity contribution < 1.29 is 26.5 Å². The van der Waals surface area contributed by atoms with Gasteiger partial charge in [-0.15, -0.1) is 0 Å². The van der Waals surface area contributed by atoms with Crippen molar-refractivity contribution in [2.75, 3.05) is 53.5 Å². The van der Waals surface area contributed by atoms with Crippen molar-refractivity contribution >= 4 is 20.0 Å². The van der Waals surface area contributed by atoms with Gasteiger partial charge in [-0.1, -0.05) is 13.8 Å². The Morgan fingerprint density at radius 1 is 1.04 bits per heavy atom. The first kappa shape index (κ1) is 22.3. The quantitative estimate of drug-likeness (QED) is 0.571. The zero-order chi connectivity index (χ0) is 20.3. The number of sulfonamides is 2. The van der Waals surface area contributed by atoms with E-state index in [1.807, 2.05) is 27.9 Å². The Kier molecular flexibility index (Phi) is 7.04. The summed E-state index contributed by atoms with van der Waals surface area (Å²) in [5.74, 6) is 0. The normalized spacial score (nSPS) is 17.4. The van der Waals surface area contributed by atoms with Crippen molar-refractivity contribution in [3.8, 4) is 0 Å². The number of quaternary nitrogens is 1. The summed E-state index contributed by atoms with van der Waals surface area (Å²) in [5.41, 5.74) is -0.203. The van der Waals surface area contributed by atoms with Crippen LogP contribution in [0.1, 0.15) is 13.8 Å². The molecule has 1 heterocycles. The molecule has 0 bridgehead atoms. The highest BCUT2D eigenvalue weighted by atomic mass is 32.2. The fraction of sp³-hybridized carbons (Fsp3) is 0.647. The molecule has 0 atom stereocenters. The molecule has 2 rings (SSSR count). The molecule has 1 fully saturated rings. The van der Waals surface area contributed by atoms with Crippen molar-refractivity contribution in [2.24, 2.45) is 5.41 Å². The average Bonchev–Trinajstić information content (AvgIpc) is 2.60. The van der Waals surface area contributed by atoms with Crippen molar-refractivity contribution in [2.45, 2.75) is 23.6 Å². The van der Waals surface area contributed by atoms with E-state index in [1.165, 1.54) is 33.5 Å². The van der Waals surface area contributed by atoms with Crippen LogP contribution in [0.4, 0.5) is 0 Å². The number of ether oxygens (including phenoxy) is 1. The lowest BCUT2D eigenvalue weighted by molar-refractivity contribution is -0.865. The predicted octanol–water partition coefficient (Wildman–Crippen LogP) is -0.843. The SMILES string of the molecule is C[NH+](C)CC(C)(C)CNS(=O)(=O)c1ccc(S(=O)(=O)N2CCOCC2)cc1. The summed E-state index contributed by atoms with van der Waals surface area (Å²) in [6, 6.07) is 5.35. The third-order valence-electron chi connectivity index (χ3n) is 4.31. The minimum absolute atomic E-state index is 0.0522. The molecule has 0 aromatic heterocycles. The van der Waals surface area contributed by atoms with Gasteiger partial charge in [0.05, 0.1) is 43.6 Å². The molecule has 1 saturated heterocycles. The van der Waals surface area contributed by atoms with Gasteiger partial charge in [0.1, 0.15) is 0 Å². The maximum Gasteiger partial charge on any atom is 0.243 e. The lowest BCUT2D eigenvalue weighted by Gasteiger charge is -2.26. The molecule has 0 aliphatic carbocycles. The lowest BCUT2D eigenvalue weighted by Crippen LogP contribution is -3.07. The fourth-order valence-electron chi connectivity index (χ4n) is 3.12. The Morgan fingerprint density at radius 2 is 1.56 bits per heavy atom. The van der Waals surface area contributed by atoms with Crippen LogP contribution in [-0.2, 0) is 24.8 Å². The van der Waals surface area contributed by atoms with Gasteiger partial charge in [0.2, 0.25) is 20.0 Å². The molecule has 0 radical (unpaired) electrons. The van der Waals surface area contributed by atoms with E-state index in [9.17, 15) is 16.8 Å². The molecule has 0 unspecified atom stereocenters. The van der Waals surface area contributed by atoms with Gasteiger partial charge in [-0.2, -0.15) is 4.31 Å². The number of hydrogen-bond donors (Lipinski definition) is 2. The molecule has 154 valence electrons. The van der Waals surface area contributed by atoms with Gasteiger partial charge in [0.25, 0.3) is 0 Å². The average molecular weight is 421 g/mol. The minimum atomic E-state index is -3.70. The first-order valence-corrected chi connectivity index (χ1v) is 11.8. The number of benzene rings is 1. The van der Waals surface area contributed by atoms with Gasteiger partial charge < -0.3 is 9.64 Å². The molecule has 2 N–H and O–H groups in total. The third-order valence-corrected chi connectivity index (χ3v) is 7.64. The highest BCUT2D eigenvalue weighted by Gasteiger charge is 2.28. The van der Waals surface area contributed by atoms with Crippen LogP contribution >= 0.6 is 0 Å². The standard InChI is InChI=1S/C17H29N3O5S2/c1-17(2,14-19(3)4)13-18-26(21,22)15-5-7-16(8-6-15)27(23,24)20-9-11-25-12-10-20/h5-8,18H,9-14H2,1-4H3/p+1. The Balaban J connectivity index is 2.11. The van der Waals surface area contributed by atoms with Crippen LogP contribution in [-0.4, -0.2) is 74.6 Å². The zero-order valence-electron chi connectivity index (χ0n) is 16.4.